The number of hydrogen-bond acceptors (Lipinski definition) is 3. The lowest BCUT2D eigenvalue weighted by Gasteiger charge is -2.25. The highest BCUT2D eigenvalue weighted by Gasteiger charge is 2.19. The molecule has 0 aliphatic carbocycles. The molecule has 3 heteroatoms. The molecule has 0 aromatic heterocycles. The Morgan fingerprint density at radius 2 is 2.22 bits per heavy atom. The van der Waals surface area contributed by atoms with Gasteiger partial charge in [-0.15, -0.1) is 0 Å². The van der Waals surface area contributed by atoms with Gasteiger partial charge in [-0.3, -0.25) is 4.90 Å². The molecule has 3 nitrogen and oxygen atoms in total. The van der Waals surface area contributed by atoms with E-state index >= 15 is 0 Å². The molecular weight excluding hydrogens is 224 g/mol. The van der Waals surface area contributed by atoms with Gasteiger partial charge >= 0.3 is 0 Å². The summed E-state index contributed by atoms with van der Waals surface area (Å²) in [6, 6.07) is 8.17. The van der Waals surface area contributed by atoms with Crippen LogP contribution < -0.4 is 5.73 Å². The Labute approximate surface area is 110 Å². The summed E-state index contributed by atoms with van der Waals surface area (Å²) in [6.07, 6.45) is 2.38. The molecule has 1 fully saturated rings. The van der Waals surface area contributed by atoms with E-state index in [-0.39, 0.29) is 0 Å². The summed E-state index contributed by atoms with van der Waals surface area (Å²) in [5.41, 5.74) is 8.17. The Morgan fingerprint density at radius 3 is 2.89 bits per heavy atom. The van der Waals surface area contributed by atoms with E-state index in [1.54, 1.807) is 0 Å². The molecule has 1 aromatic rings. The van der Waals surface area contributed by atoms with Gasteiger partial charge in [0.05, 0.1) is 6.61 Å². The zero-order chi connectivity index (χ0) is 12.8. The number of para-hydroxylation sites is 1. The highest BCUT2D eigenvalue weighted by Crippen LogP contribution is 2.18. The van der Waals surface area contributed by atoms with Crippen molar-refractivity contribution in [3.8, 4) is 0 Å². The first-order chi connectivity index (χ1) is 8.79. The largest absolute Gasteiger partial charge is 0.398 e. The van der Waals surface area contributed by atoms with E-state index in [2.05, 4.69) is 24.0 Å². The molecule has 1 atom stereocenters. The summed E-state index contributed by atoms with van der Waals surface area (Å²) < 4.78 is 5.46. The number of nitrogen functional groups attached to an aromatic ring is 1. The van der Waals surface area contributed by atoms with Crippen LogP contribution in [0.2, 0.25) is 0 Å². The lowest BCUT2D eigenvalue weighted by molar-refractivity contribution is 0.164. The van der Waals surface area contributed by atoms with Crippen LogP contribution in [0.1, 0.15) is 25.3 Å². The van der Waals surface area contributed by atoms with Gasteiger partial charge in [0.1, 0.15) is 0 Å². The minimum absolute atomic E-state index is 0.696. The van der Waals surface area contributed by atoms with Crippen molar-refractivity contribution in [2.75, 3.05) is 32.0 Å². The number of rotatable bonds is 6. The van der Waals surface area contributed by atoms with Crippen molar-refractivity contribution < 1.29 is 4.74 Å². The zero-order valence-corrected chi connectivity index (χ0v) is 11.3. The van der Waals surface area contributed by atoms with Crippen LogP contribution in [-0.4, -0.2) is 31.2 Å². The first-order valence-electron chi connectivity index (χ1n) is 6.93. The monoisotopic (exact) mass is 248 g/mol. The van der Waals surface area contributed by atoms with Crippen molar-refractivity contribution in [2.45, 2.75) is 26.3 Å². The molecule has 18 heavy (non-hydrogen) atoms. The van der Waals surface area contributed by atoms with Crippen molar-refractivity contribution in [2.24, 2.45) is 5.92 Å². The molecular formula is C15H24N2O. The summed E-state index contributed by atoms with van der Waals surface area (Å²) in [5.74, 6) is 0.696. The van der Waals surface area contributed by atoms with Crippen LogP contribution in [0, 0.1) is 5.92 Å². The van der Waals surface area contributed by atoms with Crippen molar-refractivity contribution >= 4 is 5.69 Å². The van der Waals surface area contributed by atoms with Gasteiger partial charge in [0.25, 0.3) is 0 Å². The second kappa shape index (κ2) is 6.76. The maximum absolute atomic E-state index is 6.02. The lowest BCUT2D eigenvalue weighted by Crippen LogP contribution is -2.30. The zero-order valence-electron chi connectivity index (χ0n) is 11.3. The molecule has 100 valence electrons. The van der Waals surface area contributed by atoms with E-state index in [1.807, 2.05) is 12.1 Å². The fourth-order valence-electron chi connectivity index (χ4n) is 2.56. The minimum Gasteiger partial charge on any atom is -0.398 e. The molecule has 0 radical (unpaired) electrons. The Morgan fingerprint density at radius 1 is 1.39 bits per heavy atom. The van der Waals surface area contributed by atoms with Crippen molar-refractivity contribution in [3.63, 3.8) is 0 Å². The molecule has 1 saturated heterocycles. The summed E-state index contributed by atoms with van der Waals surface area (Å²) in [7, 11) is 0. The Hall–Kier alpha value is -1.06. The van der Waals surface area contributed by atoms with Crippen LogP contribution in [0.25, 0.3) is 0 Å². The SMILES string of the molecule is CCCN(Cc1ccccc1N)CC1CCOC1. The molecule has 2 N–H and O–H groups in total. The Bertz CT molecular complexity index is 361. The van der Waals surface area contributed by atoms with E-state index in [0.717, 1.165) is 38.5 Å². The van der Waals surface area contributed by atoms with Crippen LogP contribution in [0.3, 0.4) is 0 Å². The van der Waals surface area contributed by atoms with Gasteiger partial charge in [-0.25, -0.2) is 0 Å². The summed E-state index contributed by atoms with van der Waals surface area (Å²) >= 11 is 0. The summed E-state index contributed by atoms with van der Waals surface area (Å²) in [4.78, 5) is 2.50. The highest BCUT2D eigenvalue weighted by molar-refractivity contribution is 5.46. The molecule has 1 aromatic carbocycles. The second-order valence-corrected chi connectivity index (χ2v) is 5.16. The van der Waals surface area contributed by atoms with Crippen LogP contribution in [-0.2, 0) is 11.3 Å². The first-order valence-corrected chi connectivity index (χ1v) is 6.93. The summed E-state index contributed by atoms with van der Waals surface area (Å²) in [5, 5.41) is 0. The summed E-state index contributed by atoms with van der Waals surface area (Å²) in [6.45, 7) is 7.29. The number of benzene rings is 1. The van der Waals surface area contributed by atoms with Gasteiger partial charge in [0, 0.05) is 25.4 Å². The van der Waals surface area contributed by atoms with E-state index in [9.17, 15) is 0 Å². The molecule has 0 saturated carbocycles. The van der Waals surface area contributed by atoms with Gasteiger partial charge in [0.2, 0.25) is 0 Å². The van der Waals surface area contributed by atoms with Gasteiger partial charge in [-0.05, 0) is 36.9 Å². The smallest absolute Gasteiger partial charge is 0.0507 e. The van der Waals surface area contributed by atoms with Gasteiger partial charge < -0.3 is 10.5 Å². The molecule has 0 amide bonds. The maximum atomic E-state index is 6.02. The molecule has 1 aliphatic rings. The number of nitrogens with two attached hydrogens (primary N) is 1. The topological polar surface area (TPSA) is 38.5 Å². The van der Waals surface area contributed by atoms with Crippen molar-refractivity contribution in [3.05, 3.63) is 29.8 Å². The molecule has 0 spiro atoms. The fourth-order valence-corrected chi connectivity index (χ4v) is 2.56. The second-order valence-electron chi connectivity index (χ2n) is 5.16. The number of nitrogens with zero attached hydrogens (tertiary/aromatic N) is 1. The van der Waals surface area contributed by atoms with Crippen molar-refractivity contribution in [1.82, 2.24) is 4.90 Å². The highest BCUT2D eigenvalue weighted by atomic mass is 16.5. The quantitative estimate of drug-likeness (QED) is 0.786. The third-order valence-corrected chi connectivity index (χ3v) is 3.53. The Balaban J connectivity index is 1.94. The third-order valence-electron chi connectivity index (χ3n) is 3.53. The fraction of sp³-hybridized carbons (Fsp3) is 0.600. The average Bonchev–Trinajstić information content (AvgIpc) is 2.85. The maximum Gasteiger partial charge on any atom is 0.0507 e. The molecule has 2 rings (SSSR count). The van der Waals surface area contributed by atoms with Crippen LogP contribution in [0.4, 0.5) is 5.69 Å². The van der Waals surface area contributed by atoms with Gasteiger partial charge in [0.15, 0.2) is 0 Å². The normalized spacial score (nSPS) is 19.6. The molecule has 1 unspecified atom stereocenters. The van der Waals surface area contributed by atoms with Crippen LogP contribution >= 0.6 is 0 Å². The standard InChI is InChI=1S/C15H24N2O/c1-2-8-17(10-13-7-9-18-12-13)11-14-5-3-4-6-15(14)16/h3-6,13H,2,7-12,16H2,1H3. The number of hydrogen-bond donors (Lipinski definition) is 1. The first kappa shape index (κ1) is 13.4. The molecule has 0 bridgehead atoms. The molecule has 1 heterocycles. The van der Waals surface area contributed by atoms with E-state index in [1.165, 1.54) is 18.4 Å². The van der Waals surface area contributed by atoms with Gasteiger partial charge in [-0.1, -0.05) is 25.1 Å². The van der Waals surface area contributed by atoms with Crippen molar-refractivity contribution in [1.29, 1.82) is 0 Å². The molecule has 1 aliphatic heterocycles. The lowest BCUT2D eigenvalue weighted by atomic mass is 10.1. The Kier molecular flexibility index (Phi) is 5.02. The van der Waals surface area contributed by atoms with Crippen LogP contribution in [0.15, 0.2) is 24.3 Å². The minimum atomic E-state index is 0.696. The van der Waals surface area contributed by atoms with E-state index in [0.29, 0.717) is 5.92 Å². The van der Waals surface area contributed by atoms with E-state index in [4.69, 9.17) is 10.5 Å². The average molecular weight is 248 g/mol. The van der Waals surface area contributed by atoms with E-state index < -0.39 is 0 Å². The third kappa shape index (κ3) is 3.72. The predicted molar refractivity (Wildman–Crippen MR) is 75.3 cm³/mol. The predicted octanol–water partition coefficient (Wildman–Crippen LogP) is 2.52. The van der Waals surface area contributed by atoms with Crippen LogP contribution in [0.5, 0.6) is 0 Å². The number of ether oxygens (including phenoxy) is 1. The van der Waals surface area contributed by atoms with Gasteiger partial charge in [-0.2, -0.15) is 0 Å². The number of anilines is 1.